The van der Waals surface area contributed by atoms with Crippen LogP contribution in [0.3, 0.4) is 0 Å². The molecule has 5 nitrogen and oxygen atoms in total. The highest BCUT2D eigenvalue weighted by Crippen LogP contribution is 2.28. The summed E-state index contributed by atoms with van der Waals surface area (Å²) in [5.74, 6) is -1.12. The van der Waals surface area contributed by atoms with E-state index < -0.39 is 12.0 Å². The third-order valence-electron chi connectivity index (χ3n) is 3.74. The van der Waals surface area contributed by atoms with Gasteiger partial charge in [-0.2, -0.15) is 0 Å². The van der Waals surface area contributed by atoms with Crippen LogP contribution >= 0.6 is 0 Å². The average Bonchev–Trinajstić information content (AvgIpc) is 3.16. The Hall–Kier alpha value is -2.56. The topological polar surface area (TPSA) is 70.8 Å². The minimum Gasteiger partial charge on any atom is -0.480 e. The zero-order chi connectivity index (χ0) is 14.8. The Balaban J connectivity index is 1.93. The van der Waals surface area contributed by atoms with Crippen LogP contribution in [0.15, 0.2) is 47.1 Å². The Bertz CT molecular complexity index is 662. The van der Waals surface area contributed by atoms with Crippen LogP contribution in [-0.2, 0) is 4.79 Å². The summed E-state index contributed by atoms with van der Waals surface area (Å²) in [4.78, 5) is 25.2. The minimum absolute atomic E-state index is 0.203. The van der Waals surface area contributed by atoms with E-state index in [9.17, 15) is 14.7 Å². The number of amides is 1. The van der Waals surface area contributed by atoms with E-state index in [2.05, 4.69) is 0 Å². The van der Waals surface area contributed by atoms with Crippen molar-refractivity contribution in [3.05, 3.63) is 48.4 Å². The lowest BCUT2D eigenvalue weighted by Crippen LogP contribution is -2.40. The molecule has 1 aliphatic rings. The van der Waals surface area contributed by atoms with Crippen molar-refractivity contribution in [3.63, 3.8) is 0 Å². The Morgan fingerprint density at radius 1 is 1.19 bits per heavy atom. The van der Waals surface area contributed by atoms with E-state index in [1.807, 2.05) is 30.3 Å². The highest BCUT2D eigenvalue weighted by Gasteiger charge is 2.36. The number of hydrogen-bond donors (Lipinski definition) is 1. The lowest BCUT2D eigenvalue weighted by molar-refractivity contribution is -0.141. The largest absolute Gasteiger partial charge is 0.480 e. The van der Waals surface area contributed by atoms with Gasteiger partial charge in [-0.25, -0.2) is 4.79 Å². The van der Waals surface area contributed by atoms with Crippen molar-refractivity contribution in [2.45, 2.75) is 18.9 Å². The molecular formula is C16H15NO4. The summed E-state index contributed by atoms with van der Waals surface area (Å²) in [6.07, 6.45) is 2.65. The van der Waals surface area contributed by atoms with Crippen molar-refractivity contribution < 1.29 is 19.1 Å². The zero-order valence-corrected chi connectivity index (χ0v) is 11.4. The Labute approximate surface area is 121 Å². The molecule has 1 atom stereocenters. The number of likely N-dealkylation sites (tertiary alicyclic amines) is 1. The highest BCUT2D eigenvalue weighted by atomic mass is 16.4. The predicted molar refractivity (Wildman–Crippen MR) is 75.8 cm³/mol. The first kappa shape index (κ1) is 13.4. The summed E-state index contributed by atoms with van der Waals surface area (Å²) < 4.78 is 5.34. The second kappa shape index (κ2) is 5.44. The second-order valence-corrected chi connectivity index (χ2v) is 5.02. The van der Waals surface area contributed by atoms with Crippen LogP contribution < -0.4 is 0 Å². The molecule has 0 spiro atoms. The fourth-order valence-corrected chi connectivity index (χ4v) is 2.72. The van der Waals surface area contributed by atoms with Gasteiger partial charge < -0.3 is 14.4 Å². The van der Waals surface area contributed by atoms with Crippen molar-refractivity contribution in [1.82, 2.24) is 4.90 Å². The van der Waals surface area contributed by atoms with Gasteiger partial charge in [0.25, 0.3) is 5.91 Å². The number of hydrogen-bond acceptors (Lipinski definition) is 3. The molecule has 0 aliphatic carbocycles. The number of rotatable bonds is 3. The van der Waals surface area contributed by atoms with Gasteiger partial charge in [0.05, 0.1) is 6.26 Å². The number of carbonyl (C=O) groups excluding carboxylic acids is 1. The number of carboxylic acids is 1. The third kappa shape index (κ3) is 2.42. The fourth-order valence-electron chi connectivity index (χ4n) is 2.72. The molecule has 0 saturated carbocycles. The number of nitrogens with zero attached hydrogens (tertiary/aromatic N) is 1. The SMILES string of the molecule is O=C(O)C1CCCN1C(=O)c1occc1-c1ccccc1. The van der Waals surface area contributed by atoms with Crippen molar-refractivity contribution in [1.29, 1.82) is 0 Å². The van der Waals surface area contributed by atoms with Gasteiger partial charge in [-0.3, -0.25) is 4.79 Å². The van der Waals surface area contributed by atoms with Gasteiger partial charge in [0.1, 0.15) is 6.04 Å². The van der Waals surface area contributed by atoms with E-state index in [0.717, 1.165) is 5.56 Å². The van der Waals surface area contributed by atoms with E-state index in [1.165, 1.54) is 11.2 Å². The van der Waals surface area contributed by atoms with Gasteiger partial charge in [0.15, 0.2) is 5.76 Å². The summed E-state index contributed by atoms with van der Waals surface area (Å²) in [7, 11) is 0. The minimum atomic E-state index is -0.964. The van der Waals surface area contributed by atoms with Crippen LogP contribution in [-0.4, -0.2) is 34.5 Å². The lowest BCUT2D eigenvalue weighted by Gasteiger charge is -2.20. The van der Waals surface area contributed by atoms with Crippen LogP contribution in [0.5, 0.6) is 0 Å². The molecule has 0 radical (unpaired) electrons. The molecule has 5 heteroatoms. The third-order valence-corrected chi connectivity index (χ3v) is 3.74. The van der Waals surface area contributed by atoms with E-state index in [0.29, 0.717) is 24.9 Å². The molecule has 0 bridgehead atoms. The van der Waals surface area contributed by atoms with Gasteiger partial charge in [-0.15, -0.1) is 0 Å². The van der Waals surface area contributed by atoms with Crippen molar-refractivity contribution in [2.24, 2.45) is 0 Å². The first-order valence-electron chi connectivity index (χ1n) is 6.85. The summed E-state index contributed by atoms with van der Waals surface area (Å²) in [6.45, 7) is 0.449. The van der Waals surface area contributed by atoms with Crippen molar-refractivity contribution in [2.75, 3.05) is 6.54 Å². The van der Waals surface area contributed by atoms with Gasteiger partial charge in [0, 0.05) is 12.1 Å². The number of furan rings is 1. The first-order valence-corrected chi connectivity index (χ1v) is 6.85. The summed E-state index contributed by atoms with van der Waals surface area (Å²) in [5, 5.41) is 9.19. The van der Waals surface area contributed by atoms with E-state index in [1.54, 1.807) is 6.07 Å². The highest BCUT2D eigenvalue weighted by molar-refractivity contribution is 6.00. The maximum Gasteiger partial charge on any atom is 0.326 e. The molecule has 2 aromatic rings. The standard InChI is InChI=1S/C16H15NO4/c18-15(17-9-4-7-13(17)16(19)20)14-12(8-10-21-14)11-5-2-1-3-6-11/h1-3,5-6,8,10,13H,4,7,9H2,(H,19,20). The lowest BCUT2D eigenvalue weighted by atomic mass is 10.1. The normalized spacial score (nSPS) is 17.9. The Kier molecular flexibility index (Phi) is 3.48. The van der Waals surface area contributed by atoms with Crippen molar-refractivity contribution in [3.8, 4) is 11.1 Å². The molecule has 1 amide bonds. The fraction of sp³-hybridized carbons (Fsp3) is 0.250. The summed E-state index contributed by atoms with van der Waals surface area (Å²) in [5.41, 5.74) is 1.57. The Morgan fingerprint density at radius 3 is 2.67 bits per heavy atom. The quantitative estimate of drug-likeness (QED) is 0.941. The Morgan fingerprint density at radius 2 is 1.95 bits per heavy atom. The molecule has 1 aliphatic heterocycles. The van der Waals surface area contributed by atoms with Gasteiger partial charge in [-0.05, 0) is 24.5 Å². The molecular weight excluding hydrogens is 270 g/mol. The van der Waals surface area contributed by atoms with Gasteiger partial charge in [-0.1, -0.05) is 30.3 Å². The van der Waals surface area contributed by atoms with Crippen LogP contribution in [0.1, 0.15) is 23.4 Å². The number of carboxylic acid groups (broad SMARTS) is 1. The molecule has 1 N–H and O–H groups in total. The number of carbonyl (C=O) groups is 2. The molecule has 1 unspecified atom stereocenters. The van der Waals surface area contributed by atoms with Crippen molar-refractivity contribution >= 4 is 11.9 Å². The molecule has 1 saturated heterocycles. The number of benzene rings is 1. The summed E-state index contributed by atoms with van der Waals surface area (Å²) in [6, 6.07) is 10.4. The van der Waals surface area contributed by atoms with E-state index in [4.69, 9.17) is 4.42 Å². The summed E-state index contributed by atoms with van der Waals surface area (Å²) >= 11 is 0. The van der Waals surface area contributed by atoms with Gasteiger partial charge in [0.2, 0.25) is 0 Å². The monoisotopic (exact) mass is 285 g/mol. The van der Waals surface area contributed by atoms with E-state index >= 15 is 0 Å². The molecule has 21 heavy (non-hydrogen) atoms. The zero-order valence-electron chi connectivity index (χ0n) is 11.4. The smallest absolute Gasteiger partial charge is 0.326 e. The van der Waals surface area contributed by atoms with Crippen LogP contribution in [0, 0.1) is 0 Å². The average molecular weight is 285 g/mol. The van der Waals surface area contributed by atoms with Crippen LogP contribution in [0.25, 0.3) is 11.1 Å². The predicted octanol–water partition coefficient (Wildman–Crippen LogP) is 2.64. The molecule has 1 aromatic heterocycles. The molecule has 1 fully saturated rings. The van der Waals surface area contributed by atoms with Crippen LogP contribution in [0.4, 0.5) is 0 Å². The first-order chi connectivity index (χ1) is 10.2. The molecule has 2 heterocycles. The number of aliphatic carboxylic acids is 1. The molecule has 108 valence electrons. The second-order valence-electron chi connectivity index (χ2n) is 5.02. The van der Waals surface area contributed by atoms with Crippen LogP contribution in [0.2, 0.25) is 0 Å². The molecule has 3 rings (SSSR count). The molecule has 1 aromatic carbocycles. The van der Waals surface area contributed by atoms with Gasteiger partial charge >= 0.3 is 5.97 Å². The van der Waals surface area contributed by atoms with E-state index in [-0.39, 0.29) is 11.7 Å². The maximum absolute atomic E-state index is 12.6. The maximum atomic E-state index is 12.6.